The van der Waals surface area contributed by atoms with E-state index in [2.05, 4.69) is 20.3 Å². The number of nitrogens with one attached hydrogen (secondary N) is 2. The molecule has 40 heavy (non-hydrogen) atoms. The van der Waals surface area contributed by atoms with Crippen LogP contribution in [0.1, 0.15) is 18.7 Å². The summed E-state index contributed by atoms with van der Waals surface area (Å²) < 4.78 is 15.8. The molecule has 3 heterocycles. The van der Waals surface area contributed by atoms with Crippen molar-refractivity contribution in [3.05, 3.63) is 127 Å². The lowest BCUT2D eigenvalue weighted by molar-refractivity contribution is 0.628. The number of aromatic amines is 1. The number of nitrogens with zero attached hydrogens (tertiary/aromatic N) is 3. The molecular weight excluding hydrogens is 552 g/mol. The fraction of sp³-hybridized carbons (Fsp3) is 0.0667. The van der Waals surface area contributed by atoms with Crippen molar-refractivity contribution >= 4 is 50.8 Å². The highest BCUT2D eigenvalue weighted by Gasteiger charge is 2.25. The van der Waals surface area contributed by atoms with Crippen molar-refractivity contribution in [2.75, 3.05) is 5.32 Å². The molecule has 0 spiro atoms. The molecule has 0 unspecified atom stereocenters. The molecule has 7 nitrogen and oxygen atoms in total. The second-order valence-corrected chi connectivity index (χ2v) is 9.97. The second kappa shape index (κ2) is 10.2. The van der Waals surface area contributed by atoms with Gasteiger partial charge in [0.05, 0.1) is 22.1 Å². The number of H-pyrrole nitrogens is 1. The average Bonchev–Trinajstić information content (AvgIpc) is 2.96. The Balaban J connectivity index is 1.64. The Kier molecular flexibility index (Phi) is 6.57. The summed E-state index contributed by atoms with van der Waals surface area (Å²) >= 11 is 13.6. The first-order valence-electron chi connectivity index (χ1n) is 12.3. The molecule has 6 rings (SSSR count). The lowest BCUT2D eigenvalue weighted by Gasteiger charge is -2.24. The molecular formula is C30H20Cl2FN5O2. The Morgan fingerprint density at radius 1 is 0.925 bits per heavy atom. The van der Waals surface area contributed by atoms with Gasteiger partial charge < -0.3 is 10.3 Å². The largest absolute Gasteiger partial charge is 0.361 e. The lowest BCUT2D eigenvalue weighted by atomic mass is 9.97. The molecule has 0 amide bonds. The molecule has 198 valence electrons. The average molecular weight is 572 g/mol. The third kappa shape index (κ3) is 4.31. The maximum absolute atomic E-state index is 14.4. The van der Waals surface area contributed by atoms with Gasteiger partial charge in [0.25, 0.3) is 5.56 Å². The molecule has 0 radical (unpaired) electrons. The summed E-state index contributed by atoms with van der Waals surface area (Å²) in [6.07, 6.45) is 2.86. The van der Waals surface area contributed by atoms with Gasteiger partial charge in [0.15, 0.2) is 5.43 Å². The van der Waals surface area contributed by atoms with E-state index in [0.29, 0.717) is 54.8 Å². The fourth-order valence-corrected chi connectivity index (χ4v) is 5.58. The van der Waals surface area contributed by atoms with E-state index >= 15 is 0 Å². The van der Waals surface area contributed by atoms with Gasteiger partial charge in [0, 0.05) is 33.9 Å². The first-order valence-corrected chi connectivity index (χ1v) is 13.1. The number of benzene rings is 3. The van der Waals surface area contributed by atoms with E-state index in [0.717, 1.165) is 0 Å². The first kappa shape index (κ1) is 25.7. The van der Waals surface area contributed by atoms with Crippen molar-refractivity contribution < 1.29 is 4.39 Å². The topological polar surface area (TPSA) is 92.7 Å². The predicted octanol–water partition coefficient (Wildman–Crippen LogP) is 6.91. The molecule has 6 aromatic rings. The summed E-state index contributed by atoms with van der Waals surface area (Å²) in [5, 5.41) is 4.92. The highest BCUT2D eigenvalue weighted by atomic mass is 35.5. The molecule has 1 atom stereocenters. The van der Waals surface area contributed by atoms with Gasteiger partial charge in [0.1, 0.15) is 29.0 Å². The van der Waals surface area contributed by atoms with Crippen LogP contribution in [0, 0.1) is 5.82 Å². The van der Waals surface area contributed by atoms with Gasteiger partial charge >= 0.3 is 0 Å². The smallest absolute Gasteiger partial charge is 0.263 e. The van der Waals surface area contributed by atoms with Gasteiger partial charge in [0.2, 0.25) is 0 Å². The minimum atomic E-state index is -0.594. The van der Waals surface area contributed by atoms with Crippen LogP contribution in [0.5, 0.6) is 0 Å². The number of fused-ring (bicyclic) bond motifs is 2. The SMILES string of the molecule is C[C@H](Nc1ncnc2[nH]ccc(=O)c12)c1c(Cl)c2cccc(-c3cc(F)ccc3Cl)c2c(=O)n1-c1ccccc1. The van der Waals surface area contributed by atoms with Crippen LogP contribution in [0.3, 0.4) is 0 Å². The molecule has 0 fully saturated rings. The van der Waals surface area contributed by atoms with Gasteiger partial charge in [-0.1, -0.05) is 59.6 Å². The second-order valence-electron chi connectivity index (χ2n) is 9.18. The summed E-state index contributed by atoms with van der Waals surface area (Å²) in [4.78, 5) is 38.4. The van der Waals surface area contributed by atoms with Crippen LogP contribution in [-0.4, -0.2) is 19.5 Å². The maximum atomic E-state index is 14.4. The van der Waals surface area contributed by atoms with Crippen LogP contribution in [0.15, 0.2) is 94.9 Å². The number of halogens is 3. The van der Waals surface area contributed by atoms with Crippen LogP contribution in [0.25, 0.3) is 38.6 Å². The molecule has 0 aliphatic rings. The molecule has 0 saturated carbocycles. The zero-order valence-electron chi connectivity index (χ0n) is 21.0. The molecule has 0 bridgehead atoms. The molecule has 0 saturated heterocycles. The monoisotopic (exact) mass is 571 g/mol. The minimum Gasteiger partial charge on any atom is -0.361 e. The Hall–Kier alpha value is -4.53. The zero-order chi connectivity index (χ0) is 28.0. The Morgan fingerprint density at radius 3 is 2.52 bits per heavy atom. The van der Waals surface area contributed by atoms with Gasteiger partial charge in [-0.2, -0.15) is 0 Å². The lowest BCUT2D eigenvalue weighted by Crippen LogP contribution is -2.27. The fourth-order valence-electron chi connectivity index (χ4n) is 4.96. The molecule has 10 heteroatoms. The zero-order valence-corrected chi connectivity index (χ0v) is 22.5. The van der Waals surface area contributed by atoms with Crippen molar-refractivity contribution in [2.45, 2.75) is 13.0 Å². The minimum absolute atomic E-state index is 0.259. The molecule has 3 aromatic heterocycles. The Labute approximate surface area is 236 Å². The number of pyridine rings is 2. The van der Waals surface area contributed by atoms with E-state index < -0.39 is 11.9 Å². The van der Waals surface area contributed by atoms with E-state index in [1.165, 1.54) is 41.4 Å². The van der Waals surface area contributed by atoms with E-state index in [-0.39, 0.29) is 16.4 Å². The molecule has 2 N–H and O–H groups in total. The molecule has 0 aliphatic carbocycles. The van der Waals surface area contributed by atoms with Gasteiger partial charge in [-0.05, 0) is 42.8 Å². The van der Waals surface area contributed by atoms with E-state index in [9.17, 15) is 14.0 Å². The van der Waals surface area contributed by atoms with Gasteiger partial charge in [-0.15, -0.1) is 0 Å². The first-order chi connectivity index (χ1) is 19.3. The highest BCUT2D eigenvalue weighted by molar-refractivity contribution is 6.37. The standard InChI is InChI=1S/C30H20Cl2FN5O2/c1-16(37-29-25-23(39)12-13-34-28(25)35-15-36-29)27-26(32)20-9-5-8-19(21-14-17(33)10-11-22(21)31)24(20)30(40)38(27)18-6-3-2-4-7-18/h2-16H,1H3,(H2,34,35,36,37,39)/t16-/m0/s1. The number of para-hydroxylation sites is 1. The number of rotatable bonds is 5. The number of hydrogen-bond acceptors (Lipinski definition) is 5. The Morgan fingerprint density at radius 2 is 1.73 bits per heavy atom. The van der Waals surface area contributed by atoms with Crippen molar-refractivity contribution in [3.63, 3.8) is 0 Å². The van der Waals surface area contributed by atoms with Crippen molar-refractivity contribution in [1.29, 1.82) is 0 Å². The van der Waals surface area contributed by atoms with Crippen molar-refractivity contribution in [2.24, 2.45) is 0 Å². The highest BCUT2D eigenvalue weighted by Crippen LogP contribution is 2.38. The predicted molar refractivity (Wildman–Crippen MR) is 157 cm³/mol. The number of aromatic nitrogens is 4. The summed E-state index contributed by atoms with van der Waals surface area (Å²) in [5.41, 5.74) is 1.61. The van der Waals surface area contributed by atoms with Crippen LogP contribution in [0.4, 0.5) is 10.2 Å². The van der Waals surface area contributed by atoms with E-state index in [4.69, 9.17) is 23.2 Å². The summed E-state index contributed by atoms with van der Waals surface area (Å²) in [6, 6.07) is 19.1. The molecule has 3 aromatic carbocycles. The van der Waals surface area contributed by atoms with Crippen LogP contribution < -0.4 is 16.3 Å². The van der Waals surface area contributed by atoms with Crippen molar-refractivity contribution in [3.8, 4) is 16.8 Å². The summed E-state index contributed by atoms with van der Waals surface area (Å²) in [6.45, 7) is 1.82. The summed E-state index contributed by atoms with van der Waals surface area (Å²) in [5.74, 6) is -0.185. The normalized spacial score (nSPS) is 12.1. The van der Waals surface area contributed by atoms with Gasteiger partial charge in [-0.3, -0.25) is 14.2 Å². The third-order valence-electron chi connectivity index (χ3n) is 6.73. The maximum Gasteiger partial charge on any atom is 0.263 e. The number of hydrogen-bond donors (Lipinski definition) is 2. The Bertz CT molecular complexity index is 2040. The van der Waals surface area contributed by atoms with Crippen molar-refractivity contribution in [1.82, 2.24) is 19.5 Å². The quantitative estimate of drug-likeness (QED) is 0.234. The van der Waals surface area contributed by atoms with E-state index in [1.54, 1.807) is 30.3 Å². The molecule has 0 aliphatic heterocycles. The van der Waals surface area contributed by atoms with Crippen LogP contribution >= 0.6 is 23.2 Å². The summed E-state index contributed by atoms with van der Waals surface area (Å²) in [7, 11) is 0. The number of anilines is 1. The van der Waals surface area contributed by atoms with E-state index in [1.807, 2.05) is 25.1 Å². The van der Waals surface area contributed by atoms with Gasteiger partial charge in [-0.25, -0.2) is 14.4 Å². The van der Waals surface area contributed by atoms with Crippen LogP contribution in [0.2, 0.25) is 10.0 Å². The third-order valence-corrected chi connectivity index (χ3v) is 7.46. The van der Waals surface area contributed by atoms with Crippen LogP contribution in [-0.2, 0) is 0 Å².